The Morgan fingerprint density at radius 2 is 1.96 bits per heavy atom. The Labute approximate surface area is 170 Å². The Balaban J connectivity index is 1.68. The van der Waals surface area contributed by atoms with Gasteiger partial charge in [-0.15, -0.1) is 0 Å². The molecule has 0 saturated heterocycles. The Bertz CT molecular complexity index is 862. The first-order valence-electron chi connectivity index (χ1n) is 8.93. The minimum atomic E-state index is 0.668. The Kier molecular flexibility index (Phi) is 6.85. The quantitative estimate of drug-likeness (QED) is 0.559. The average molecular weight is 399 g/mol. The molecular weight excluding hydrogens is 376 g/mol. The van der Waals surface area contributed by atoms with Crippen molar-refractivity contribution in [2.45, 2.75) is 26.4 Å². The normalized spacial score (nSPS) is 10.6. The molecule has 4 nitrogen and oxygen atoms in total. The van der Waals surface area contributed by atoms with E-state index in [1.165, 1.54) is 5.56 Å². The summed E-state index contributed by atoms with van der Waals surface area (Å²) in [5.74, 6) is 0. The highest BCUT2D eigenvalue weighted by molar-refractivity contribution is 7.80. The van der Waals surface area contributed by atoms with Gasteiger partial charge < -0.3 is 14.8 Å². The molecule has 1 heterocycles. The number of imidazole rings is 1. The fourth-order valence-electron chi connectivity index (χ4n) is 2.79. The van der Waals surface area contributed by atoms with Crippen molar-refractivity contribution in [2.24, 2.45) is 0 Å². The van der Waals surface area contributed by atoms with Crippen molar-refractivity contribution in [2.75, 3.05) is 11.9 Å². The van der Waals surface area contributed by atoms with E-state index in [-0.39, 0.29) is 0 Å². The summed E-state index contributed by atoms with van der Waals surface area (Å²) in [6, 6.07) is 16.1. The van der Waals surface area contributed by atoms with Crippen molar-refractivity contribution < 1.29 is 0 Å². The second-order valence-electron chi connectivity index (χ2n) is 6.46. The Morgan fingerprint density at radius 1 is 1.19 bits per heavy atom. The van der Waals surface area contributed by atoms with Crippen LogP contribution in [0.15, 0.2) is 67.3 Å². The minimum absolute atomic E-state index is 0.668. The van der Waals surface area contributed by atoms with Gasteiger partial charge in [-0.25, -0.2) is 4.98 Å². The van der Waals surface area contributed by atoms with Crippen LogP contribution in [-0.2, 0) is 13.1 Å². The van der Waals surface area contributed by atoms with E-state index >= 15 is 0 Å². The van der Waals surface area contributed by atoms with Crippen LogP contribution in [0.25, 0.3) is 0 Å². The number of hydrogen-bond acceptors (Lipinski definition) is 2. The van der Waals surface area contributed by atoms with Gasteiger partial charge in [-0.3, -0.25) is 0 Å². The van der Waals surface area contributed by atoms with Gasteiger partial charge in [0.2, 0.25) is 0 Å². The molecule has 0 atom stereocenters. The zero-order valence-corrected chi connectivity index (χ0v) is 16.9. The minimum Gasteiger partial charge on any atom is -0.345 e. The van der Waals surface area contributed by atoms with Crippen LogP contribution in [0.5, 0.6) is 0 Å². The summed E-state index contributed by atoms with van der Waals surface area (Å²) in [6.07, 6.45) is 6.56. The number of hydrogen-bond donors (Lipinski definition) is 1. The fraction of sp³-hybridized carbons (Fsp3) is 0.238. The van der Waals surface area contributed by atoms with E-state index in [4.69, 9.17) is 23.8 Å². The highest BCUT2D eigenvalue weighted by Gasteiger charge is 2.12. The number of nitrogens with zero attached hydrogens (tertiary/aromatic N) is 3. The Morgan fingerprint density at radius 3 is 2.67 bits per heavy atom. The molecule has 0 bridgehead atoms. The van der Waals surface area contributed by atoms with Gasteiger partial charge in [0.1, 0.15) is 0 Å². The van der Waals surface area contributed by atoms with Crippen LogP contribution in [0.4, 0.5) is 5.69 Å². The molecular formula is C21H23ClN4S. The third-order valence-corrected chi connectivity index (χ3v) is 5.04. The van der Waals surface area contributed by atoms with Crippen molar-refractivity contribution in [3.8, 4) is 0 Å². The molecule has 0 amide bonds. The molecule has 0 radical (unpaired) electrons. The summed E-state index contributed by atoms with van der Waals surface area (Å²) < 4.78 is 2.07. The monoisotopic (exact) mass is 398 g/mol. The van der Waals surface area contributed by atoms with Gasteiger partial charge in [-0.05, 0) is 49.3 Å². The molecule has 3 rings (SSSR count). The van der Waals surface area contributed by atoms with Crippen molar-refractivity contribution in [3.05, 3.63) is 83.4 Å². The van der Waals surface area contributed by atoms with Crippen molar-refractivity contribution in [3.63, 3.8) is 0 Å². The molecule has 0 aliphatic heterocycles. The molecule has 0 fully saturated rings. The van der Waals surface area contributed by atoms with E-state index in [2.05, 4.69) is 38.8 Å². The third kappa shape index (κ3) is 5.81. The number of thiocarbonyl (C=S) groups is 1. The predicted octanol–water partition coefficient (Wildman–Crippen LogP) is 5.13. The first-order valence-corrected chi connectivity index (χ1v) is 9.72. The van der Waals surface area contributed by atoms with E-state index in [1.54, 1.807) is 6.20 Å². The van der Waals surface area contributed by atoms with Crippen molar-refractivity contribution in [1.82, 2.24) is 14.5 Å². The van der Waals surface area contributed by atoms with Gasteiger partial charge in [0.15, 0.2) is 5.11 Å². The van der Waals surface area contributed by atoms with Gasteiger partial charge in [0.25, 0.3) is 0 Å². The molecule has 27 heavy (non-hydrogen) atoms. The van der Waals surface area contributed by atoms with Crippen molar-refractivity contribution in [1.29, 1.82) is 0 Å². The highest BCUT2D eigenvalue weighted by Crippen LogP contribution is 2.18. The first kappa shape index (κ1) is 19.4. The number of nitrogens with one attached hydrogen (secondary N) is 1. The number of aromatic nitrogens is 2. The average Bonchev–Trinajstić information content (AvgIpc) is 3.18. The molecule has 0 aliphatic carbocycles. The van der Waals surface area contributed by atoms with Gasteiger partial charge in [0.05, 0.1) is 6.33 Å². The van der Waals surface area contributed by atoms with Gasteiger partial charge >= 0.3 is 0 Å². The number of rotatable bonds is 7. The SMILES string of the molecule is Cc1ccc(NC(=S)N(CCCn2ccnc2)Cc2ccccc2Cl)cc1. The van der Waals surface area contributed by atoms with Crippen LogP contribution < -0.4 is 5.32 Å². The maximum absolute atomic E-state index is 6.36. The molecule has 140 valence electrons. The number of benzene rings is 2. The standard InChI is InChI=1S/C21H23ClN4S/c1-17-7-9-19(10-8-17)24-21(27)26(13-4-12-25-14-11-23-16-25)15-18-5-2-3-6-20(18)22/h2-3,5-11,14,16H,4,12-13,15H2,1H3,(H,24,27). The summed E-state index contributed by atoms with van der Waals surface area (Å²) >= 11 is 12.1. The molecule has 3 aromatic rings. The molecule has 1 N–H and O–H groups in total. The van der Waals surface area contributed by atoms with E-state index in [9.17, 15) is 0 Å². The second kappa shape index (κ2) is 9.53. The van der Waals surface area contributed by atoms with Crippen LogP contribution >= 0.6 is 23.8 Å². The number of halogens is 1. The topological polar surface area (TPSA) is 33.1 Å². The zero-order chi connectivity index (χ0) is 19.1. The van der Waals surface area contributed by atoms with Crippen LogP contribution in [-0.4, -0.2) is 26.1 Å². The van der Waals surface area contributed by atoms with Crippen LogP contribution in [0.2, 0.25) is 5.02 Å². The lowest BCUT2D eigenvalue weighted by Crippen LogP contribution is -2.35. The Hall–Kier alpha value is -2.37. The number of anilines is 1. The summed E-state index contributed by atoms with van der Waals surface area (Å²) in [4.78, 5) is 6.25. The van der Waals surface area contributed by atoms with E-state index < -0.39 is 0 Å². The zero-order valence-electron chi connectivity index (χ0n) is 15.3. The summed E-state index contributed by atoms with van der Waals surface area (Å²) in [5.41, 5.74) is 3.28. The fourth-order valence-corrected chi connectivity index (χ4v) is 3.26. The highest BCUT2D eigenvalue weighted by atomic mass is 35.5. The molecule has 0 spiro atoms. The molecule has 6 heteroatoms. The van der Waals surface area contributed by atoms with Crippen molar-refractivity contribution >= 4 is 34.6 Å². The first-order chi connectivity index (χ1) is 13.1. The maximum atomic E-state index is 6.36. The molecule has 2 aromatic carbocycles. The van der Waals surface area contributed by atoms with E-state index in [0.717, 1.165) is 35.8 Å². The summed E-state index contributed by atoms with van der Waals surface area (Å²) in [7, 11) is 0. The van der Waals surface area contributed by atoms with Crippen LogP contribution in [0, 0.1) is 6.92 Å². The van der Waals surface area contributed by atoms with Gasteiger partial charge in [0, 0.05) is 42.7 Å². The lowest BCUT2D eigenvalue weighted by Gasteiger charge is -2.26. The largest absolute Gasteiger partial charge is 0.345 e. The van der Waals surface area contributed by atoms with E-state index in [1.807, 2.05) is 48.9 Å². The number of aryl methyl sites for hydroxylation is 2. The van der Waals surface area contributed by atoms with Crippen LogP contribution in [0.3, 0.4) is 0 Å². The maximum Gasteiger partial charge on any atom is 0.173 e. The molecule has 0 saturated carbocycles. The van der Waals surface area contributed by atoms with Gasteiger partial charge in [-0.1, -0.05) is 47.5 Å². The van der Waals surface area contributed by atoms with Crippen LogP contribution in [0.1, 0.15) is 17.5 Å². The molecule has 0 aliphatic rings. The molecule has 1 aromatic heterocycles. The summed E-state index contributed by atoms with van der Waals surface area (Å²) in [5, 5.41) is 4.81. The molecule has 0 unspecified atom stereocenters. The second-order valence-corrected chi connectivity index (χ2v) is 7.26. The van der Waals surface area contributed by atoms with Gasteiger partial charge in [-0.2, -0.15) is 0 Å². The smallest absolute Gasteiger partial charge is 0.173 e. The van der Waals surface area contributed by atoms with E-state index in [0.29, 0.717) is 11.7 Å². The lowest BCUT2D eigenvalue weighted by molar-refractivity contribution is 0.396. The lowest BCUT2D eigenvalue weighted by atomic mass is 10.2. The third-order valence-electron chi connectivity index (χ3n) is 4.31. The predicted molar refractivity (Wildman–Crippen MR) is 116 cm³/mol. The summed E-state index contributed by atoms with van der Waals surface area (Å²) in [6.45, 7) is 4.45.